The highest BCUT2D eigenvalue weighted by atomic mass is 35.5. The van der Waals surface area contributed by atoms with Crippen molar-refractivity contribution in [2.75, 3.05) is 17.7 Å². The molecule has 18 heavy (non-hydrogen) atoms. The summed E-state index contributed by atoms with van der Waals surface area (Å²) in [6.07, 6.45) is -2.71. The molecular weight excluding hydrogens is 287 g/mol. The number of nitrogens with zero attached hydrogens (tertiary/aromatic N) is 2. The molecule has 0 saturated heterocycles. The Morgan fingerprint density at radius 1 is 1.33 bits per heavy atom. The van der Waals surface area contributed by atoms with Crippen molar-refractivity contribution in [2.24, 2.45) is 5.41 Å². The van der Waals surface area contributed by atoms with Crippen LogP contribution >= 0.6 is 23.1 Å². The van der Waals surface area contributed by atoms with Gasteiger partial charge in [-0.25, -0.2) is 0 Å². The molecule has 104 valence electrons. The predicted octanol–water partition coefficient (Wildman–Crippen LogP) is 4.01. The molecule has 0 bridgehead atoms. The maximum Gasteiger partial charge on any atom is 0.452 e. The summed E-state index contributed by atoms with van der Waals surface area (Å²) in [5, 5.41) is 3.08. The van der Waals surface area contributed by atoms with Gasteiger partial charge in [-0.05, 0) is 18.3 Å². The molecule has 1 N–H and O–H groups in total. The minimum absolute atomic E-state index is 0.0427. The molecule has 0 spiro atoms. The third kappa shape index (κ3) is 4.97. The molecule has 1 heterocycles. The van der Waals surface area contributed by atoms with E-state index < -0.39 is 12.0 Å². The normalized spacial score (nSPS) is 12.8. The van der Waals surface area contributed by atoms with Gasteiger partial charge in [0.2, 0.25) is 11.0 Å². The van der Waals surface area contributed by atoms with Gasteiger partial charge in [-0.2, -0.15) is 22.5 Å². The Kier molecular flexibility index (Phi) is 5.21. The number of alkyl halides is 4. The molecular formula is C10H15ClF3N3S. The van der Waals surface area contributed by atoms with Crippen LogP contribution in [0.25, 0.3) is 0 Å². The van der Waals surface area contributed by atoms with Crippen LogP contribution in [0.15, 0.2) is 0 Å². The second kappa shape index (κ2) is 6.06. The molecule has 0 fully saturated rings. The van der Waals surface area contributed by atoms with Crippen molar-refractivity contribution in [2.45, 2.75) is 32.9 Å². The topological polar surface area (TPSA) is 37.8 Å². The van der Waals surface area contributed by atoms with Crippen LogP contribution < -0.4 is 5.32 Å². The molecule has 1 aromatic heterocycles. The summed E-state index contributed by atoms with van der Waals surface area (Å²) in [7, 11) is 0. The van der Waals surface area contributed by atoms with Crippen molar-refractivity contribution in [3.63, 3.8) is 0 Å². The number of halogens is 4. The maximum atomic E-state index is 12.3. The second-order valence-corrected chi connectivity index (χ2v) is 5.86. The van der Waals surface area contributed by atoms with Gasteiger partial charge in [0.05, 0.1) is 0 Å². The summed E-state index contributed by atoms with van der Waals surface area (Å²) in [6, 6.07) is 0. The van der Waals surface area contributed by atoms with E-state index in [1.54, 1.807) is 0 Å². The minimum atomic E-state index is -4.48. The van der Waals surface area contributed by atoms with Gasteiger partial charge in [-0.15, -0.1) is 11.6 Å². The summed E-state index contributed by atoms with van der Waals surface area (Å²) in [5.74, 6) is -0.506. The van der Waals surface area contributed by atoms with E-state index in [-0.39, 0.29) is 10.5 Å². The average Bonchev–Trinajstić information content (AvgIpc) is 2.72. The van der Waals surface area contributed by atoms with Crippen LogP contribution in [0.4, 0.5) is 18.3 Å². The zero-order valence-corrected chi connectivity index (χ0v) is 11.7. The quantitative estimate of drug-likeness (QED) is 0.807. The lowest BCUT2D eigenvalue weighted by Crippen LogP contribution is -2.23. The van der Waals surface area contributed by atoms with E-state index in [0.717, 1.165) is 24.4 Å². The first-order chi connectivity index (χ1) is 8.24. The number of hydrogen-bond donors (Lipinski definition) is 1. The molecule has 1 aromatic rings. The van der Waals surface area contributed by atoms with Crippen LogP contribution in [-0.4, -0.2) is 21.8 Å². The molecule has 0 aliphatic rings. The number of anilines is 1. The van der Waals surface area contributed by atoms with Crippen LogP contribution in [0.1, 0.15) is 32.5 Å². The Morgan fingerprint density at radius 2 is 2.00 bits per heavy atom. The first kappa shape index (κ1) is 15.5. The van der Waals surface area contributed by atoms with Crippen molar-refractivity contribution in [1.29, 1.82) is 0 Å². The molecule has 0 atom stereocenters. The lowest BCUT2D eigenvalue weighted by Gasteiger charge is -2.24. The minimum Gasteiger partial charge on any atom is -0.360 e. The molecule has 0 unspecified atom stereocenters. The van der Waals surface area contributed by atoms with E-state index >= 15 is 0 Å². The zero-order chi connectivity index (χ0) is 13.8. The van der Waals surface area contributed by atoms with Gasteiger partial charge >= 0.3 is 6.18 Å². The van der Waals surface area contributed by atoms with Crippen LogP contribution in [0.2, 0.25) is 0 Å². The fourth-order valence-corrected chi connectivity index (χ4v) is 2.07. The molecule has 1 rings (SSSR count). The SMILES string of the molecule is CC(C)(CCCCl)CNc1nc(C(F)(F)F)ns1. The van der Waals surface area contributed by atoms with E-state index in [9.17, 15) is 13.2 Å². The molecule has 0 radical (unpaired) electrons. The first-order valence-corrected chi connectivity index (χ1v) is 6.76. The van der Waals surface area contributed by atoms with Gasteiger partial charge in [0.15, 0.2) is 0 Å². The van der Waals surface area contributed by atoms with Gasteiger partial charge in [0, 0.05) is 24.0 Å². The molecule has 0 aliphatic carbocycles. The number of hydrogen-bond acceptors (Lipinski definition) is 4. The van der Waals surface area contributed by atoms with E-state index in [1.807, 2.05) is 13.8 Å². The van der Waals surface area contributed by atoms with Crippen LogP contribution in [0.3, 0.4) is 0 Å². The van der Waals surface area contributed by atoms with Crippen LogP contribution in [0.5, 0.6) is 0 Å². The Morgan fingerprint density at radius 3 is 2.50 bits per heavy atom. The smallest absolute Gasteiger partial charge is 0.360 e. The fraction of sp³-hybridized carbons (Fsp3) is 0.800. The molecule has 0 aromatic carbocycles. The van der Waals surface area contributed by atoms with Gasteiger partial charge < -0.3 is 5.32 Å². The van der Waals surface area contributed by atoms with Crippen LogP contribution in [0, 0.1) is 5.41 Å². The molecule has 8 heteroatoms. The standard InChI is InChI=1S/C10H15ClF3N3S/c1-9(2,4-3-5-11)6-15-8-16-7(17-18-8)10(12,13)14/h3-6H2,1-2H3,(H,15,16,17). The predicted molar refractivity (Wildman–Crippen MR) is 67.1 cm³/mol. The highest BCUT2D eigenvalue weighted by molar-refractivity contribution is 7.09. The van der Waals surface area contributed by atoms with E-state index in [4.69, 9.17) is 11.6 Å². The molecule has 0 aliphatic heterocycles. The summed E-state index contributed by atoms with van der Waals surface area (Å²) >= 11 is 6.34. The Hall–Kier alpha value is -0.560. The van der Waals surface area contributed by atoms with Crippen molar-refractivity contribution < 1.29 is 13.2 Å². The molecule has 0 amide bonds. The largest absolute Gasteiger partial charge is 0.452 e. The number of rotatable bonds is 6. The second-order valence-electron chi connectivity index (χ2n) is 4.73. The number of aromatic nitrogens is 2. The summed E-state index contributed by atoms with van der Waals surface area (Å²) in [6.45, 7) is 4.59. The Labute approximate surface area is 113 Å². The van der Waals surface area contributed by atoms with Gasteiger partial charge in [0.1, 0.15) is 0 Å². The molecule has 0 saturated carbocycles. The van der Waals surface area contributed by atoms with Gasteiger partial charge in [0.25, 0.3) is 0 Å². The number of nitrogens with one attached hydrogen (secondary N) is 1. The third-order valence-electron chi connectivity index (χ3n) is 2.38. The van der Waals surface area contributed by atoms with Crippen molar-refractivity contribution in [3.05, 3.63) is 5.82 Å². The summed E-state index contributed by atoms with van der Waals surface area (Å²) in [4.78, 5) is 3.41. The highest BCUT2D eigenvalue weighted by Gasteiger charge is 2.36. The monoisotopic (exact) mass is 301 g/mol. The highest BCUT2D eigenvalue weighted by Crippen LogP contribution is 2.30. The fourth-order valence-electron chi connectivity index (χ4n) is 1.36. The summed E-state index contributed by atoms with van der Waals surface area (Å²) < 4.78 is 40.1. The third-order valence-corrected chi connectivity index (χ3v) is 3.32. The first-order valence-electron chi connectivity index (χ1n) is 5.45. The van der Waals surface area contributed by atoms with Gasteiger partial charge in [-0.1, -0.05) is 13.8 Å². The van der Waals surface area contributed by atoms with Gasteiger partial charge in [-0.3, -0.25) is 0 Å². The van der Waals surface area contributed by atoms with Crippen molar-refractivity contribution in [3.8, 4) is 0 Å². The lowest BCUT2D eigenvalue weighted by molar-refractivity contribution is -0.144. The molecule has 3 nitrogen and oxygen atoms in total. The lowest BCUT2D eigenvalue weighted by atomic mass is 9.88. The van der Waals surface area contributed by atoms with E-state index in [1.165, 1.54) is 0 Å². The van der Waals surface area contributed by atoms with E-state index in [0.29, 0.717) is 12.4 Å². The Balaban J connectivity index is 2.51. The zero-order valence-electron chi connectivity index (χ0n) is 10.1. The van der Waals surface area contributed by atoms with Crippen molar-refractivity contribution in [1.82, 2.24) is 9.36 Å². The average molecular weight is 302 g/mol. The van der Waals surface area contributed by atoms with Crippen molar-refractivity contribution >= 4 is 28.3 Å². The van der Waals surface area contributed by atoms with E-state index in [2.05, 4.69) is 14.7 Å². The maximum absolute atomic E-state index is 12.3. The Bertz CT molecular complexity index is 379. The van der Waals surface area contributed by atoms with Crippen LogP contribution in [-0.2, 0) is 6.18 Å². The summed E-state index contributed by atoms with van der Waals surface area (Å²) in [5.41, 5.74) is -0.0427.